The summed E-state index contributed by atoms with van der Waals surface area (Å²) < 4.78 is 33.2. The van der Waals surface area contributed by atoms with Crippen molar-refractivity contribution in [2.75, 3.05) is 0 Å². The minimum absolute atomic E-state index is 0.0645. The van der Waals surface area contributed by atoms with Crippen molar-refractivity contribution in [1.29, 1.82) is 0 Å². The van der Waals surface area contributed by atoms with Gasteiger partial charge in [-0.15, -0.1) is 10.2 Å². The van der Waals surface area contributed by atoms with E-state index in [4.69, 9.17) is 25.9 Å². The van der Waals surface area contributed by atoms with Gasteiger partial charge in [0, 0.05) is 11.9 Å². The molecule has 0 saturated heterocycles. The Kier molecular flexibility index (Phi) is 3.74. The predicted molar refractivity (Wildman–Crippen MR) is 66.2 cm³/mol. The zero-order valence-corrected chi connectivity index (χ0v) is 11.4. The first-order valence-electron chi connectivity index (χ1n) is 5.10. The van der Waals surface area contributed by atoms with E-state index in [0.29, 0.717) is 5.89 Å². The number of aryl methyl sites for hydroxylation is 1. The lowest BCUT2D eigenvalue weighted by Crippen LogP contribution is -2.14. The molecule has 1 aromatic carbocycles. The van der Waals surface area contributed by atoms with Gasteiger partial charge < -0.3 is 9.15 Å². The van der Waals surface area contributed by atoms with Crippen molar-refractivity contribution in [2.45, 2.75) is 18.4 Å². The summed E-state index contributed by atoms with van der Waals surface area (Å²) in [5, 5.41) is 12.7. The average molecular weight is 304 g/mol. The van der Waals surface area contributed by atoms with Gasteiger partial charge in [0.25, 0.3) is 5.89 Å². The molecule has 2 rings (SSSR count). The molecule has 1 heterocycles. The fourth-order valence-corrected chi connectivity index (χ4v) is 2.29. The summed E-state index contributed by atoms with van der Waals surface area (Å²) >= 11 is 5.73. The van der Waals surface area contributed by atoms with Gasteiger partial charge in [-0.25, -0.2) is 13.6 Å². The third-order valence-electron chi connectivity index (χ3n) is 2.13. The Balaban J connectivity index is 2.25. The third-order valence-corrected chi connectivity index (χ3v) is 3.30. The number of nitrogens with zero attached hydrogens (tertiary/aromatic N) is 2. The molecule has 0 saturated carbocycles. The Morgan fingerprint density at radius 2 is 2.16 bits per heavy atom. The second-order valence-corrected chi connectivity index (χ2v) is 5.61. The number of sulfonamides is 1. The maximum absolute atomic E-state index is 11.4. The van der Waals surface area contributed by atoms with Crippen LogP contribution in [0.3, 0.4) is 0 Å². The fraction of sp³-hybridized carbons (Fsp3) is 0.200. The van der Waals surface area contributed by atoms with Crippen LogP contribution in [0.2, 0.25) is 5.02 Å². The van der Waals surface area contributed by atoms with Crippen LogP contribution >= 0.6 is 11.6 Å². The largest absolute Gasteiger partial charge is 0.482 e. The van der Waals surface area contributed by atoms with E-state index in [1.54, 1.807) is 6.92 Å². The number of nitrogens with two attached hydrogens (primary N) is 1. The van der Waals surface area contributed by atoms with E-state index >= 15 is 0 Å². The molecule has 0 fully saturated rings. The van der Waals surface area contributed by atoms with Crippen molar-refractivity contribution in [3.8, 4) is 5.75 Å². The lowest BCUT2D eigenvalue weighted by Gasteiger charge is -2.08. The van der Waals surface area contributed by atoms with Gasteiger partial charge in [0.2, 0.25) is 15.9 Å². The van der Waals surface area contributed by atoms with E-state index in [2.05, 4.69) is 10.2 Å². The maximum atomic E-state index is 11.4. The van der Waals surface area contributed by atoms with Gasteiger partial charge >= 0.3 is 0 Å². The van der Waals surface area contributed by atoms with E-state index < -0.39 is 10.0 Å². The molecule has 0 aliphatic carbocycles. The van der Waals surface area contributed by atoms with Crippen molar-refractivity contribution in [1.82, 2.24) is 10.2 Å². The molecule has 102 valence electrons. The summed E-state index contributed by atoms with van der Waals surface area (Å²) in [6.07, 6.45) is 0. The normalized spacial score (nSPS) is 11.5. The lowest BCUT2D eigenvalue weighted by molar-refractivity contribution is 0.254. The van der Waals surface area contributed by atoms with Gasteiger partial charge in [0.05, 0.1) is 0 Å². The first-order valence-corrected chi connectivity index (χ1v) is 7.03. The molecule has 0 unspecified atom stereocenters. The highest BCUT2D eigenvalue weighted by molar-refractivity contribution is 7.89. The Hall–Kier alpha value is -1.64. The number of aromatic nitrogens is 2. The Labute approximate surface area is 114 Å². The lowest BCUT2D eigenvalue weighted by atomic mass is 10.3. The second-order valence-electron chi connectivity index (χ2n) is 3.64. The summed E-state index contributed by atoms with van der Waals surface area (Å²) in [5.74, 6) is 0.692. The number of hydrogen-bond donors (Lipinski definition) is 1. The molecule has 0 amide bonds. The van der Waals surface area contributed by atoms with Crippen LogP contribution in [0.4, 0.5) is 0 Å². The van der Waals surface area contributed by atoms with Crippen molar-refractivity contribution in [3.63, 3.8) is 0 Å². The minimum atomic E-state index is -3.93. The zero-order valence-electron chi connectivity index (χ0n) is 9.83. The average Bonchev–Trinajstić information content (AvgIpc) is 2.72. The highest BCUT2D eigenvalue weighted by atomic mass is 35.5. The quantitative estimate of drug-likeness (QED) is 0.910. The topological polar surface area (TPSA) is 108 Å². The fourth-order valence-electron chi connectivity index (χ4n) is 1.36. The summed E-state index contributed by atoms with van der Waals surface area (Å²) in [6.45, 7) is 1.57. The summed E-state index contributed by atoms with van der Waals surface area (Å²) in [5.41, 5.74) is 0. The molecule has 9 heteroatoms. The second kappa shape index (κ2) is 5.16. The van der Waals surface area contributed by atoms with Crippen molar-refractivity contribution < 1.29 is 17.6 Å². The van der Waals surface area contributed by atoms with Crippen LogP contribution in [0.5, 0.6) is 5.75 Å². The van der Waals surface area contributed by atoms with Crippen LogP contribution in [0, 0.1) is 6.92 Å². The van der Waals surface area contributed by atoms with Crippen molar-refractivity contribution in [3.05, 3.63) is 35.0 Å². The van der Waals surface area contributed by atoms with Gasteiger partial charge in [-0.3, -0.25) is 0 Å². The molecule has 0 atom stereocenters. The van der Waals surface area contributed by atoms with Gasteiger partial charge in [-0.1, -0.05) is 11.6 Å². The number of rotatable bonds is 4. The van der Waals surface area contributed by atoms with E-state index in [1.807, 2.05) is 0 Å². The Morgan fingerprint density at radius 1 is 1.42 bits per heavy atom. The Morgan fingerprint density at radius 3 is 2.74 bits per heavy atom. The third kappa shape index (κ3) is 3.43. The SMILES string of the molecule is Cc1nnc(COc2ccc(Cl)cc2S(N)(=O)=O)o1. The van der Waals surface area contributed by atoms with Crippen molar-refractivity contribution in [2.24, 2.45) is 5.14 Å². The van der Waals surface area contributed by atoms with Gasteiger partial charge in [-0.2, -0.15) is 0 Å². The molecular formula is C10H10ClN3O4S. The van der Waals surface area contributed by atoms with Crippen LogP contribution in [0.1, 0.15) is 11.8 Å². The van der Waals surface area contributed by atoms with Crippen LogP contribution in [0.25, 0.3) is 0 Å². The van der Waals surface area contributed by atoms with Gasteiger partial charge in [-0.05, 0) is 18.2 Å². The molecule has 0 aliphatic rings. The van der Waals surface area contributed by atoms with E-state index in [1.165, 1.54) is 18.2 Å². The summed E-state index contributed by atoms with van der Waals surface area (Å²) in [4.78, 5) is -0.198. The van der Waals surface area contributed by atoms with Crippen LogP contribution in [-0.2, 0) is 16.6 Å². The molecule has 0 bridgehead atoms. The van der Waals surface area contributed by atoms with Gasteiger partial charge in [0.15, 0.2) is 6.61 Å². The van der Waals surface area contributed by atoms with Crippen LogP contribution in [0.15, 0.2) is 27.5 Å². The molecule has 19 heavy (non-hydrogen) atoms. The highest BCUT2D eigenvalue weighted by Crippen LogP contribution is 2.26. The van der Waals surface area contributed by atoms with E-state index in [-0.39, 0.29) is 28.2 Å². The van der Waals surface area contributed by atoms with Crippen molar-refractivity contribution >= 4 is 21.6 Å². The number of ether oxygens (including phenoxy) is 1. The zero-order chi connectivity index (χ0) is 14.0. The smallest absolute Gasteiger partial charge is 0.253 e. The number of halogens is 1. The predicted octanol–water partition coefficient (Wildman–Crippen LogP) is 1.26. The molecule has 0 aliphatic heterocycles. The number of primary sulfonamides is 1. The summed E-state index contributed by atoms with van der Waals surface area (Å²) in [6, 6.07) is 4.11. The molecule has 0 spiro atoms. The first kappa shape index (κ1) is 13.8. The standard InChI is InChI=1S/C10H10ClN3O4S/c1-6-13-14-10(18-6)5-17-8-3-2-7(11)4-9(8)19(12,15)16/h2-4H,5H2,1H3,(H2,12,15,16). The minimum Gasteiger partial charge on any atom is -0.482 e. The Bertz CT molecular complexity index is 699. The van der Waals surface area contributed by atoms with E-state index in [9.17, 15) is 8.42 Å². The molecule has 7 nitrogen and oxygen atoms in total. The maximum Gasteiger partial charge on any atom is 0.253 e. The molecule has 1 aromatic heterocycles. The number of hydrogen-bond acceptors (Lipinski definition) is 6. The van der Waals surface area contributed by atoms with Gasteiger partial charge in [0.1, 0.15) is 10.6 Å². The molecule has 0 radical (unpaired) electrons. The summed E-state index contributed by atoms with van der Waals surface area (Å²) in [7, 11) is -3.93. The van der Waals surface area contributed by atoms with Crippen LogP contribution in [-0.4, -0.2) is 18.6 Å². The van der Waals surface area contributed by atoms with E-state index in [0.717, 1.165) is 0 Å². The molecule has 2 N–H and O–H groups in total. The first-order chi connectivity index (χ1) is 8.86. The monoisotopic (exact) mass is 303 g/mol. The highest BCUT2D eigenvalue weighted by Gasteiger charge is 2.16. The number of benzene rings is 1. The molecular weight excluding hydrogens is 294 g/mol. The molecule has 2 aromatic rings. The van der Waals surface area contributed by atoms with Crippen LogP contribution < -0.4 is 9.88 Å².